The Labute approximate surface area is 200 Å². The molecule has 2 aromatic carbocycles. The van der Waals surface area contributed by atoms with Gasteiger partial charge in [-0.2, -0.15) is 0 Å². The number of amides is 1. The average molecular weight is 469 g/mol. The smallest absolute Gasteiger partial charge is 0.349 e. The number of hydrogen-bond donors (Lipinski definition) is 2. The summed E-state index contributed by atoms with van der Waals surface area (Å²) in [6, 6.07) is 13.6. The van der Waals surface area contributed by atoms with Crippen LogP contribution in [-0.4, -0.2) is 22.6 Å². The lowest BCUT2D eigenvalue weighted by molar-refractivity contribution is -0.154. The van der Waals surface area contributed by atoms with Crippen LogP contribution < -0.4 is 15.7 Å². The molecule has 1 amide bonds. The number of hydrogen-bond acceptors (Lipinski definition) is 6. The third kappa shape index (κ3) is 2.79. The second kappa shape index (κ2) is 7.26. The molecule has 0 radical (unpaired) electrons. The van der Waals surface area contributed by atoms with Crippen molar-refractivity contribution in [2.45, 2.75) is 43.9 Å². The summed E-state index contributed by atoms with van der Waals surface area (Å²) in [6.07, 6.45) is 4.61. The molecular weight excluding hydrogens is 446 g/mol. The number of rotatable bonds is 3. The lowest BCUT2D eigenvalue weighted by atomic mass is 9.81. The predicted octanol–water partition coefficient (Wildman–Crippen LogP) is 3.85. The molecule has 0 saturated carbocycles. The van der Waals surface area contributed by atoms with Gasteiger partial charge in [-0.1, -0.05) is 56.3 Å². The molecule has 6 rings (SSSR count). The molecule has 2 aliphatic carbocycles. The van der Waals surface area contributed by atoms with Crippen LogP contribution in [0.4, 0.5) is 0 Å². The first kappa shape index (κ1) is 21.6. The Balaban J connectivity index is 1.52. The van der Waals surface area contributed by atoms with Gasteiger partial charge in [-0.05, 0) is 42.5 Å². The maximum atomic E-state index is 13.9. The lowest BCUT2D eigenvalue weighted by Crippen LogP contribution is -2.63. The molecule has 7 nitrogen and oxygen atoms in total. The summed E-state index contributed by atoms with van der Waals surface area (Å²) in [6.45, 7) is 4.05. The van der Waals surface area contributed by atoms with E-state index in [9.17, 15) is 19.5 Å². The molecular formula is C28H23NO6. The van der Waals surface area contributed by atoms with E-state index in [1.165, 1.54) is 6.07 Å². The van der Waals surface area contributed by atoms with E-state index < -0.39 is 28.6 Å². The number of Topliss-reactive ketones (excluding diaryl/α,β-unsaturated/α-hetero) is 1. The van der Waals surface area contributed by atoms with Gasteiger partial charge in [0.2, 0.25) is 5.54 Å². The van der Waals surface area contributed by atoms with Gasteiger partial charge in [-0.3, -0.25) is 9.59 Å². The maximum Gasteiger partial charge on any atom is 0.349 e. The van der Waals surface area contributed by atoms with Gasteiger partial charge >= 0.3 is 5.63 Å². The van der Waals surface area contributed by atoms with Crippen LogP contribution in [0, 0.1) is 0 Å². The van der Waals surface area contributed by atoms with Crippen LogP contribution in [-0.2, 0) is 10.3 Å². The van der Waals surface area contributed by atoms with E-state index in [0.717, 1.165) is 5.56 Å². The molecule has 0 saturated heterocycles. The van der Waals surface area contributed by atoms with Gasteiger partial charge in [0.25, 0.3) is 11.7 Å². The number of ether oxygens (including phenoxy) is 1. The molecule has 7 heteroatoms. The fraction of sp³-hybridized carbons (Fsp3) is 0.250. The number of ketones is 1. The molecule has 3 aromatic rings. The second-order valence-electron chi connectivity index (χ2n) is 9.51. The van der Waals surface area contributed by atoms with E-state index in [2.05, 4.69) is 5.32 Å². The van der Waals surface area contributed by atoms with E-state index in [4.69, 9.17) is 9.15 Å². The summed E-state index contributed by atoms with van der Waals surface area (Å²) in [7, 11) is 0. The molecule has 3 aliphatic rings. The SMILES string of the molecule is CC(C)c1ccc2c(c1)OC1(O)C3=C(CCC=C3)C(=O)C21NC(=O)c1cc2ccccc2oc1=O. The van der Waals surface area contributed by atoms with Gasteiger partial charge in [0.15, 0.2) is 5.78 Å². The van der Waals surface area contributed by atoms with Crippen LogP contribution in [0.3, 0.4) is 0 Å². The topological polar surface area (TPSA) is 106 Å². The number of benzene rings is 2. The van der Waals surface area contributed by atoms with Crippen LogP contribution in [0.15, 0.2) is 81.0 Å². The van der Waals surface area contributed by atoms with E-state index in [-0.39, 0.29) is 11.5 Å². The monoisotopic (exact) mass is 469 g/mol. The van der Waals surface area contributed by atoms with Crippen molar-refractivity contribution in [3.8, 4) is 5.75 Å². The van der Waals surface area contributed by atoms with Crippen molar-refractivity contribution >= 4 is 22.7 Å². The molecule has 0 fully saturated rings. The van der Waals surface area contributed by atoms with Gasteiger partial charge in [-0.15, -0.1) is 0 Å². The fourth-order valence-electron chi connectivity index (χ4n) is 5.35. The minimum atomic E-state index is -2.14. The summed E-state index contributed by atoms with van der Waals surface area (Å²) in [5.41, 5.74) is -0.605. The quantitative estimate of drug-likeness (QED) is 0.565. The predicted molar refractivity (Wildman–Crippen MR) is 128 cm³/mol. The summed E-state index contributed by atoms with van der Waals surface area (Å²) in [5.74, 6) is -2.89. The normalized spacial score (nSPS) is 24.4. The molecule has 176 valence electrons. The Kier molecular flexibility index (Phi) is 4.47. The minimum Gasteiger partial charge on any atom is -0.454 e. The summed E-state index contributed by atoms with van der Waals surface area (Å²) < 4.78 is 11.4. The average Bonchev–Trinajstić information content (AvgIpc) is 3.20. The molecule has 2 heterocycles. The van der Waals surface area contributed by atoms with Crippen molar-refractivity contribution in [3.63, 3.8) is 0 Å². The Morgan fingerprint density at radius 2 is 1.91 bits per heavy atom. The largest absolute Gasteiger partial charge is 0.454 e. The van der Waals surface area contributed by atoms with Gasteiger partial charge in [0, 0.05) is 22.1 Å². The summed E-state index contributed by atoms with van der Waals surface area (Å²) in [4.78, 5) is 40.2. The Hall–Kier alpha value is -3.97. The highest BCUT2D eigenvalue weighted by Gasteiger charge is 2.72. The molecule has 35 heavy (non-hydrogen) atoms. The van der Waals surface area contributed by atoms with Gasteiger partial charge in [-0.25, -0.2) is 4.79 Å². The molecule has 2 unspecified atom stereocenters. The van der Waals surface area contributed by atoms with E-state index in [1.54, 1.807) is 42.5 Å². The molecule has 2 atom stereocenters. The first-order chi connectivity index (χ1) is 16.8. The Morgan fingerprint density at radius 1 is 1.11 bits per heavy atom. The molecule has 1 aliphatic heterocycles. The second-order valence-corrected chi connectivity index (χ2v) is 9.51. The number of aliphatic hydroxyl groups is 1. The van der Waals surface area contributed by atoms with Gasteiger partial charge in [0.05, 0.1) is 0 Å². The van der Waals surface area contributed by atoms with E-state index >= 15 is 0 Å². The number of nitrogens with one attached hydrogen (secondary N) is 1. The molecule has 0 spiro atoms. The highest BCUT2D eigenvalue weighted by molar-refractivity contribution is 6.13. The number of fused-ring (bicyclic) bond motifs is 5. The molecule has 2 N–H and O–H groups in total. The van der Waals surface area contributed by atoms with Crippen molar-refractivity contribution in [2.75, 3.05) is 0 Å². The Morgan fingerprint density at radius 3 is 2.71 bits per heavy atom. The maximum absolute atomic E-state index is 13.9. The van der Waals surface area contributed by atoms with Gasteiger partial charge in [0.1, 0.15) is 16.9 Å². The van der Waals surface area contributed by atoms with Crippen molar-refractivity contribution in [3.05, 3.63) is 98.9 Å². The third-order valence-corrected chi connectivity index (χ3v) is 7.18. The Bertz CT molecular complexity index is 1560. The van der Waals surface area contributed by atoms with Crippen molar-refractivity contribution in [2.24, 2.45) is 0 Å². The van der Waals surface area contributed by atoms with Crippen molar-refractivity contribution in [1.29, 1.82) is 0 Å². The standard InChI is InChI=1S/C28H23NO6/c1-15(2)16-11-12-21-23(14-16)35-28(33)20-9-5-4-8-18(20)24(30)27(21,28)29-25(31)19-13-17-7-3-6-10-22(17)34-26(19)32/h3,5-7,9-15,33H,4,8H2,1-2H3,(H,29,31). The van der Waals surface area contributed by atoms with Crippen LogP contribution in [0.1, 0.15) is 54.1 Å². The third-order valence-electron chi connectivity index (χ3n) is 7.18. The number of carbonyl (C=O) groups excluding carboxylic acids is 2. The zero-order chi connectivity index (χ0) is 24.5. The summed E-state index contributed by atoms with van der Waals surface area (Å²) >= 11 is 0. The first-order valence-electron chi connectivity index (χ1n) is 11.6. The first-order valence-corrected chi connectivity index (χ1v) is 11.6. The highest BCUT2D eigenvalue weighted by Crippen LogP contribution is 2.58. The van der Waals surface area contributed by atoms with Crippen LogP contribution in [0.5, 0.6) is 5.75 Å². The zero-order valence-electron chi connectivity index (χ0n) is 19.3. The van der Waals surface area contributed by atoms with Crippen LogP contribution in [0.25, 0.3) is 11.0 Å². The van der Waals surface area contributed by atoms with Crippen LogP contribution in [0.2, 0.25) is 0 Å². The minimum absolute atomic E-state index is 0.187. The number of allylic oxidation sites excluding steroid dienone is 1. The van der Waals surface area contributed by atoms with Crippen molar-refractivity contribution in [1.82, 2.24) is 5.32 Å². The zero-order valence-corrected chi connectivity index (χ0v) is 19.3. The van der Waals surface area contributed by atoms with Gasteiger partial charge < -0.3 is 19.6 Å². The fourth-order valence-corrected chi connectivity index (χ4v) is 5.35. The van der Waals surface area contributed by atoms with Crippen LogP contribution >= 0.6 is 0 Å². The van der Waals surface area contributed by atoms with E-state index in [1.807, 2.05) is 26.0 Å². The lowest BCUT2D eigenvalue weighted by Gasteiger charge is -2.35. The molecule has 0 bridgehead atoms. The molecule has 1 aromatic heterocycles. The van der Waals surface area contributed by atoms with E-state index in [0.29, 0.717) is 46.3 Å². The number of carbonyl (C=O) groups is 2. The highest BCUT2D eigenvalue weighted by atomic mass is 16.6. The summed E-state index contributed by atoms with van der Waals surface area (Å²) in [5, 5.41) is 15.3. The van der Waals surface area contributed by atoms with Crippen molar-refractivity contribution < 1.29 is 23.8 Å². The number of para-hydroxylation sites is 1.